The number of benzene rings is 1. The molecule has 1 atom stereocenters. The van der Waals surface area contributed by atoms with Crippen LogP contribution in [-0.4, -0.2) is 18.6 Å². The zero-order chi connectivity index (χ0) is 9.97. The van der Waals surface area contributed by atoms with Gasteiger partial charge in [0.1, 0.15) is 18.8 Å². The van der Waals surface area contributed by atoms with Crippen molar-refractivity contribution < 1.29 is 9.47 Å². The van der Waals surface area contributed by atoms with E-state index in [2.05, 4.69) is 0 Å². The Hall–Kier alpha value is -1.40. The Bertz CT molecular complexity index is 386. The Balaban J connectivity index is 2.36. The van der Waals surface area contributed by atoms with Gasteiger partial charge in [-0.1, -0.05) is 6.07 Å². The van der Waals surface area contributed by atoms with Crippen LogP contribution in [-0.2, 0) is 0 Å². The van der Waals surface area contributed by atoms with E-state index in [1.165, 1.54) is 0 Å². The average molecular weight is 210 g/mol. The van der Waals surface area contributed by atoms with E-state index in [1.54, 1.807) is 18.2 Å². The molecule has 0 N–H and O–H groups in total. The lowest BCUT2D eigenvalue weighted by Crippen LogP contribution is -2.30. The molecule has 0 aliphatic carbocycles. The van der Waals surface area contributed by atoms with Crippen LogP contribution >= 0.6 is 11.6 Å². The largest absolute Gasteiger partial charge is 0.484 e. The first-order valence-corrected chi connectivity index (χ1v) is 4.77. The fourth-order valence-corrected chi connectivity index (χ4v) is 1.46. The third-order valence-corrected chi connectivity index (χ3v) is 2.32. The summed E-state index contributed by atoms with van der Waals surface area (Å²) >= 11 is 5.65. The van der Waals surface area contributed by atoms with Crippen molar-refractivity contribution in [3.8, 4) is 17.6 Å². The standard InChI is InChI=1S/C10H8ClNO2/c11-4-8-6-13-10-7(5-12)2-1-3-9(10)14-8/h1-3,8H,4,6H2. The third-order valence-electron chi connectivity index (χ3n) is 1.98. The van der Waals surface area contributed by atoms with E-state index in [0.717, 1.165) is 0 Å². The van der Waals surface area contributed by atoms with E-state index in [9.17, 15) is 0 Å². The fourth-order valence-electron chi connectivity index (χ4n) is 1.31. The summed E-state index contributed by atoms with van der Waals surface area (Å²) in [5.74, 6) is 1.51. The van der Waals surface area contributed by atoms with E-state index in [0.29, 0.717) is 29.5 Å². The van der Waals surface area contributed by atoms with E-state index in [4.69, 9.17) is 26.3 Å². The summed E-state index contributed by atoms with van der Waals surface area (Å²) in [4.78, 5) is 0. The van der Waals surface area contributed by atoms with Gasteiger partial charge in [0.25, 0.3) is 0 Å². The number of halogens is 1. The van der Waals surface area contributed by atoms with Gasteiger partial charge in [-0.25, -0.2) is 0 Å². The van der Waals surface area contributed by atoms with Crippen molar-refractivity contribution in [2.75, 3.05) is 12.5 Å². The Morgan fingerprint density at radius 2 is 2.43 bits per heavy atom. The van der Waals surface area contributed by atoms with Crippen LogP contribution in [0.5, 0.6) is 11.5 Å². The number of hydrogen-bond acceptors (Lipinski definition) is 3. The maximum Gasteiger partial charge on any atom is 0.179 e. The number of nitriles is 1. The average Bonchev–Trinajstić information content (AvgIpc) is 2.27. The topological polar surface area (TPSA) is 42.2 Å². The molecule has 0 radical (unpaired) electrons. The molecule has 72 valence electrons. The van der Waals surface area contributed by atoms with E-state index < -0.39 is 0 Å². The van der Waals surface area contributed by atoms with Crippen LogP contribution in [0.3, 0.4) is 0 Å². The van der Waals surface area contributed by atoms with Gasteiger partial charge in [-0.05, 0) is 12.1 Å². The molecule has 1 aliphatic rings. The molecule has 1 aromatic carbocycles. The van der Waals surface area contributed by atoms with Gasteiger partial charge in [-0.15, -0.1) is 11.6 Å². The van der Waals surface area contributed by atoms with Crippen LogP contribution in [0.1, 0.15) is 5.56 Å². The summed E-state index contributed by atoms with van der Waals surface area (Å²) in [5.41, 5.74) is 0.496. The number of para-hydroxylation sites is 1. The molecule has 0 saturated heterocycles. The van der Waals surface area contributed by atoms with Crippen molar-refractivity contribution in [2.24, 2.45) is 0 Å². The van der Waals surface area contributed by atoms with Crippen molar-refractivity contribution in [3.05, 3.63) is 23.8 Å². The molecule has 2 rings (SSSR count). The molecule has 1 aromatic rings. The van der Waals surface area contributed by atoms with Crippen molar-refractivity contribution in [3.63, 3.8) is 0 Å². The first-order chi connectivity index (χ1) is 6.85. The molecule has 1 unspecified atom stereocenters. The van der Waals surface area contributed by atoms with Crippen LogP contribution < -0.4 is 9.47 Å². The lowest BCUT2D eigenvalue weighted by Gasteiger charge is -2.25. The SMILES string of the molecule is N#Cc1cccc2c1OCC(CCl)O2. The quantitative estimate of drug-likeness (QED) is 0.664. The Morgan fingerprint density at radius 3 is 3.14 bits per heavy atom. The molecule has 0 bridgehead atoms. The molecule has 4 heteroatoms. The Morgan fingerprint density at radius 1 is 1.57 bits per heavy atom. The lowest BCUT2D eigenvalue weighted by molar-refractivity contribution is 0.106. The van der Waals surface area contributed by atoms with Gasteiger partial charge in [-0.3, -0.25) is 0 Å². The molecule has 0 fully saturated rings. The number of fused-ring (bicyclic) bond motifs is 1. The molecule has 14 heavy (non-hydrogen) atoms. The molecule has 0 saturated carbocycles. The van der Waals surface area contributed by atoms with E-state index >= 15 is 0 Å². The Kier molecular flexibility index (Phi) is 2.47. The Labute approximate surface area is 86.8 Å². The number of alkyl halides is 1. The summed E-state index contributed by atoms with van der Waals surface area (Å²) in [6, 6.07) is 7.28. The molecule has 0 amide bonds. The lowest BCUT2D eigenvalue weighted by atomic mass is 10.2. The van der Waals surface area contributed by atoms with Crippen LogP contribution in [0.15, 0.2) is 18.2 Å². The fraction of sp³-hybridized carbons (Fsp3) is 0.300. The second kappa shape index (κ2) is 3.77. The van der Waals surface area contributed by atoms with Gasteiger partial charge < -0.3 is 9.47 Å². The van der Waals surface area contributed by atoms with Crippen molar-refractivity contribution >= 4 is 11.6 Å². The molecule has 1 heterocycles. The van der Waals surface area contributed by atoms with Crippen LogP contribution in [0.25, 0.3) is 0 Å². The van der Waals surface area contributed by atoms with Gasteiger partial charge >= 0.3 is 0 Å². The van der Waals surface area contributed by atoms with Crippen molar-refractivity contribution in [1.29, 1.82) is 5.26 Å². The van der Waals surface area contributed by atoms with Gasteiger partial charge in [0.2, 0.25) is 0 Å². The summed E-state index contributed by atoms with van der Waals surface area (Å²) in [5, 5.41) is 8.81. The highest BCUT2D eigenvalue weighted by atomic mass is 35.5. The van der Waals surface area contributed by atoms with Crippen molar-refractivity contribution in [2.45, 2.75) is 6.10 Å². The molecule has 1 aliphatic heterocycles. The van der Waals surface area contributed by atoms with Gasteiger partial charge in [0, 0.05) is 0 Å². The smallest absolute Gasteiger partial charge is 0.179 e. The predicted molar refractivity (Wildman–Crippen MR) is 51.8 cm³/mol. The molecule has 0 aromatic heterocycles. The molecular weight excluding hydrogens is 202 g/mol. The number of ether oxygens (including phenoxy) is 2. The third kappa shape index (κ3) is 1.49. The van der Waals surface area contributed by atoms with Gasteiger partial charge in [0.15, 0.2) is 11.5 Å². The zero-order valence-electron chi connectivity index (χ0n) is 7.37. The monoisotopic (exact) mass is 209 g/mol. The normalized spacial score (nSPS) is 18.7. The molecule has 0 spiro atoms. The summed E-state index contributed by atoms with van der Waals surface area (Å²) in [6.45, 7) is 0.398. The number of nitrogens with zero attached hydrogens (tertiary/aromatic N) is 1. The highest BCUT2D eigenvalue weighted by Gasteiger charge is 2.22. The maximum atomic E-state index is 8.81. The first-order valence-electron chi connectivity index (χ1n) is 4.23. The minimum absolute atomic E-state index is 0.127. The molecule has 3 nitrogen and oxygen atoms in total. The van der Waals surface area contributed by atoms with E-state index in [1.807, 2.05) is 6.07 Å². The minimum atomic E-state index is -0.127. The molecular formula is C10H8ClNO2. The van der Waals surface area contributed by atoms with Gasteiger partial charge in [0.05, 0.1) is 11.4 Å². The second-order valence-electron chi connectivity index (χ2n) is 2.95. The highest BCUT2D eigenvalue weighted by molar-refractivity contribution is 6.18. The number of rotatable bonds is 1. The second-order valence-corrected chi connectivity index (χ2v) is 3.26. The van der Waals surface area contributed by atoms with Crippen LogP contribution in [0, 0.1) is 11.3 Å². The van der Waals surface area contributed by atoms with Gasteiger partial charge in [-0.2, -0.15) is 5.26 Å². The van der Waals surface area contributed by atoms with E-state index in [-0.39, 0.29) is 6.10 Å². The zero-order valence-corrected chi connectivity index (χ0v) is 8.12. The predicted octanol–water partition coefficient (Wildman–Crippen LogP) is 1.94. The summed E-state index contributed by atoms with van der Waals surface area (Å²) < 4.78 is 10.9. The summed E-state index contributed by atoms with van der Waals surface area (Å²) in [7, 11) is 0. The van der Waals surface area contributed by atoms with Crippen LogP contribution in [0.2, 0.25) is 0 Å². The minimum Gasteiger partial charge on any atom is -0.484 e. The first kappa shape index (κ1) is 9.17. The highest BCUT2D eigenvalue weighted by Crippen LogP contribution is 2.34. The summed E-state index contributed by atoms with van der Waals surface area (Å²) in [6.07, 6.45) is -0.127. The number of hydrogen-bond donors (Lipinski definition) is 0. The maximum absolute atomic E-state index is 8.81. The van der Waals surface area contributed by atoms with Crippen LogP contribution in [0.4, 0.5) is 0 Å². The van der Waals surface area contributed by atoms with Crippen molar-refractivity contribution in [1.82, 2.24) is 0 Å².